The van der Waals surface area contributed by atoms with Crippen LogP contribution in [0.1, 0.15) is 147 Å². The number of aliphatic hydroxyl groups excluding tert-OH is 1. The molecule has 1 heterocycles. The molecule has 0 bridgehead atoms. The van der Waals surface area contributed by atoms with Crippen molar-refractivity contribution in [3.63, 3.8) is 0 Å². The predicted octanol–water partition coefficient (Wildman–Crippen LogP) is 12.0. The second-order valence-corrected chi connectivity index (χ2v) is 21.8. The minimum atomic E-state index is -1.02. The first-order chi connectivity index (χ1) is 32.4. The standard InChI is InChI=1S/C58H80N2O7/c1-40(2)14-13-17-41-24-30-52-51-29-23-45-36-50(31-33-57(45,4)53(51)32-34-56(41,52)3)67-55(63)59-35-12-8-11-18-54(62)60-38-47(61)37-46(60)39-66-58(42-15-9-7-10-16-42,43-19-25-48(64-5)26-20-43)44-21-27-49(65-6)28-22-44/h7,9-10,15-16,19-23,25-28,40-41,46-47,50-53,61H,8,11-14,17-18,24,29-39H2,1-6H3,(H,59,63)/t41?,46?,47?,50-,51?,52?,53?,56+,57-/m1/s1. The van der Waals surface area contributed by atoms with E-state index in [9.17, 15) is 14.7 Å². The molecule has 3 aromatic rings. The maximum Gasteiger partial charge on any atom is 0.407 e. The van der Waals surface area contributed by atoms with E-state index in [1.807, 2.05) is 66.7 Å². The number of fused-ring (bicyclic) bond motifs is 5. The van der Waals surface area contributed by atoms with Crippen molar-refractivity contribution >= 4 is 12.0 Å². The summed E-state index contributed by atoms with van der Waals surface area (Å²) >= 11 is 0. The number of allylic oxidation sites excluding steroid dienone is 1. The lowest BCUT2D eigenvalue weighted by atomic mass is 9.47. The molecular weight excluding hydrogens is 837 g/mol. The van der Waals surface area contributed by atoms with Crippen molar-refractivity contribution in [1.29, 1.82) is 0 Å². The van der Waals surface area contributed by atoms with E-state index in [1.54, 1.807) is 24.7 Å². The maximum atomic E-state index is 13.8. The summed E-state index contributed by atoms with van der Waals surface area (Å²) in [6.45, 7) is 10.9. The van der Waals surface area contributed by atoms with Crippen molar-refractivity contribution < 1.29 is 33.6 Å². The zero-order valence-corrected chi connectivity index (χ0v) is 41.5. The molecular formula is C58H80N2O7. The van der Waals surface area contributed by atoms with Crippen LogP contribution in [0.3, 0.4) is 0 Å². The summed E-state index contributed by atoms with van der Waals surface area (Å²) in [5.41, 5.74) is 4.04. The van der Waals surface area contributed by atoms with Gasteiger partial charge >= 0.3 is 6.09 Å². The quantitative estimate of drug-likeness (QED) is 0.0701. The average Bonchev–Trinajstić information content (AvgIpc) is 3.89. The summed E-state index contributed by atoms with van der Waals surface area (Å²) in [7, 11) is 3.30. The van der Waals surface area contributed by atoms with Gasteiger partial charge in [0, 0.05) is 25.9 Å². The van der Waals surface area contributed by atoms with Crippen LogP contribution in [0.15, 0.2) is 90.5 Å². The number of amides is 2. The maximum absolute atomic E-state index is 13.8. The number of carbonyl (C=O) groups is 2. The highest BCUT2D eigenvalue weighted by molar-refractivity contribution is 5.77. The molecule has 9 nitrogen and oxygen atoms in total. The number of benzene rings is 3. The summed E-state index contributed by atoms with van der Waals surface area (Å²) in [5, 5.41) is 13.9. The summed E-state index contributed by atoms with van der Waals surface area (Å²) in [4.78, 5) is 28.7. The molecule has 4 fully saturated rings. The Bertz CT molecular complexity index is 2070. The Balaban J connectivity index is 0.803. The Morgan fingerprint density at radius 3 is 2.18 bits per heavy atom. The third-order valence-electron chi connectivity index (χ3n) is 17.6. The van der Waals surface area contributed by atoms with Crippen LogP contribution >= 0.6 is 0 Å². The van der Waals surface area contributed by atoms with Crippen LogP contribution in [-0.2, 0) is 19.9 Å². The molecule has 9 heteroatoms. The zero-order valence-electron chi connectivity index (χ0n) is 41.5. The highest BCUT2D eigenvalue weighted by Crippen LogP contribution is 2.67. The van der Waals surface area contributed by atoms with Crippen LogP contribution < -0.4 is 14.8 Å². The smallest absolute Gasteiger partial charge is 0.407 e. The molecule has 67 heavy (non-hydrogen) atoms. The lowest BCUT2D eigenvalue weighted by molar-refractivity contribution is -0.134. The van der Waals surface area contributed by atoms with Gasteiger partial charge in [-0.25, -0.2) is 4.79 Å². The van der Waals surface area contributed by atoms with E-state index in [1.165, 1.54) is 51.4 Å². The molecule has 6 unspecified atom stereocenters. The van der Waals surface area contributed by atoms with E-state index in [0.29, 0.717) is 31.2 Å². The number of hydrogen-bond donors (Lipinski definition) is 2. The highest BCUT2D eigenvalue weighted by atomic mass is 16.6. The van der Waals surface area contributed by atoms with Crippen LogP contribution in [-0.4, -0.2) is 74.2 Å². The number of aliphatic hydroxyl groups is 1. The predicted molar refractivity (Wildman–Crippen MR) is 265 cm³/mol. The van der Waals surface area contributed by atoms with Gasteiger partial charge in [-0.05, 0) is 152 Å². The topological polar surface area (TPSA) is 107 Å². The third kappa shape index (κ3) is 10.5. The fourth-order valence-electron chi connectivity index (χ4n) is 13.8. The largest absolute Gasteiger partial charge is 0.497 e. The first-order valence-electron chi connectivity index (χ1n) is 26.0. The molecule has 3 saturated carbocycles. The lowest BCUT2D eigenvalue weighted by Gasteiger charge is -2.58. The van der Waals surface area contributed by atoms with Gasteiger partial charge in [0.1, 0.15) is 23.2 Å². The molecule has 364 valence electrons. The number of nitrogens with one attached hydrogen (secondary N) is 1. The molecule has 0 spiro atoms. The Labute approximate surface area is 401 Å². The van der Waals surface area contributed by atoms with Gasteiger partial charge < -0.3 is 34.3 Å². The van der Waals surface area contributed by atoms with Crippen molar-refractivity contribution in [3.8, 4) is 11.5 Å². The van der Waals surface area contributed by atoms with Crippen LogP contribution in [0.25, 0.3) is 0 Å². The number of likely N-dealkylation sites (tertiary alicyclic amines) is 1. The Kier molecular flexibility index (Phi) is 15.8. The second kappa shape index (κ2) is 21.5. The minimum absolute atomic E-state index is 0.0103. The molecule has 9 atom stereocenters. The van der Waals surface area contributed by atoms with Crippen molar-refractivity contribution in [2.75, 3.05) is 33.9 Å². The molecule has 8 rings (SSSR count). The Morgan fingerprint density at radius 2 is 1.51 bits per heavy atom. The van der Waals surface area contributed by atoms with Crippen LogP contribution in [0.4, 0.5) is 4.79 Å². The summed E-state index contributed by atoms with van der Waals surface area (Å²) < 4.78 is 24.2. The first-order valence-corrected chi connectivity index (χ1v) is 26.0. The fourth-order valence-corrected chi connectivity index (χ4v) is 13.8. The number of carbonyl (C=O) groups excluding carboxylic acids is 2. The average molecular weight is 917 g/mol. The molecule has 3 aromatic carbocycles. The van der Waals surface area contributed by atoms with E-state index in [-0.39, 0.29) is 42.7 Å². The molecule has 2 amide bonds. The molecule has 1 saturated heterocycles. The van der Waals surface area contributed by atoms with E-state index < -0.39 is 11.7 Å². The fraction of sp³-hybridized carbons (Fsp3) is 0.621. The van der Waals surface area contributed by atoms with Gasteiger partial charge in [-0.1, -0.05) is 113 Å². The molecule has 2 N–H and O–H groups in total. The molecule has 0 radical (unpaired) electrons. The van der Waals surface area contributed by atoms with Gasteiger partial charge in [0.15, 0.2) is 0 Å². The van der Waals surface area contributed by atoms with Gasteiger partial charge in [-0.3, -0.25) is 4.79 Å². The number of methoxy groups -OCH3 is 2. The number of alkyl carbamates (subject to hydrolysis) is 1. The molecule has 5 aliphatic rings. The van der Waals surface area contributed by atoms with Crippen molar-refractivity contribution in [2.24, 2.45) is 40.4 Å². The van der Waals surface area contributed by atoms with Gasteiger partial charge in [0.05, 0.1) is 33.0 Å². The zero-order chi connectivity index (χ0) is 47.2. The SMILES string of the molecule is COc1ccc(C(OCC2CC(O)CN2C(=O)CCCCCNC(=O)O[C@@H]2CC[C@]3(C)C(=CCC4C5CCC(CCCC(C)C)[C@]5(C)CCC43)C2)(c2ccccc2)c2ccc(OC)cc2)cc1. The monoisotopic (exact) mass is 917 g/mol. The normalized spacial score (nSPS) is 29.1. The van der Waals surface area contributed by atoms with Crippen LogP contribution in [0.2, 0.25) is 0 Å². The van der Waals surface area contributed by atoms with Gasteiger partial charge in [0.2, 0.25) is 5.91 Å². The highest BCUT2D eigenvalue weighted by Gasteiger charge is 2.58. The van der Waals surface area contributed by atoms with E-state index in [2.05, 4.69) is 51.2 Å². The van der Waals surface area contributed by atoms with Crippen LogP contribution in [0.5, 0.6) is 11.5 Å². The summed E-state index contributed by atoms with van der Waals surface area (Å²) in [6, 6.07) is 25.6. The lowest BCUT2D eigenvalue weighted by Crippen LogP contribution is -2.50. The number of hydrogen-bond acceptors (Lipinski definition) is 7. The van der Waals surface area contributed by atoms with Crippen LogP contribution in [0, 0.1) is 40.4 Å². The van der Waals surface area contributed by atoms with Crippen molar-refractivity contribution in [3.05, 3.63) is 107 Å². The Hall–Kier alpha value is -4.34. The van der Waals surface area contributed by atoms with Crippen molar-refractivity contribution in [1.82, 2.24) is 10.2 Å². The Morgan fingerprint density at radius 1 is 0.821 bits per heavy atom. The first kappa shape index (κ1) is 49.1. The van der Waals surface area contributed by atoms with Gasteiger partial charge in [-0.15, -0.1) is 0 Å². The van der Waals surface area contributed by atoms with E-state index in [4.69, 9.17) is 18.9 Å². The van der Waals surface area contributed by atoms with E-state index in [0.717, 1.165) is 89.9 Å². The molecule has 1 aliphatic heterocycles. The van der Waals surface area contributed by atoms with Gasteiger partial charge in [-0.2, -0.15) is 0 Å². The number of nitrogens with zero attached hydrogens (tertiary/aromatic N) is 1. The number of ether oxygens (including phenoxy) is 4. The van der Waals surface area contributed by atoms with Gasteiger partial charge in [0.25, 0.3) is 0 Å². The van der Waals surface area contributed by atoms with Crippen molar-refractivity contribution in [2.45, 2.75) is 154 Å². The minimum Gasteiger partial charge on any atom is -0.497 e. The number of unbranched alkanes of at least 4 members (excludes halogenated alkanes) is 2. The number of β-amino-alcohol motifs (C(OH)–C–C–N with tert-alkyl or cyclic N) is 1. The molecule has 0 aromatic heterocycles. The molecule has 4 aliphatic carbocycles. The number of rotatable bonds is 19. The second-order valence-electron chi connectivity index (χ2n) is 21.8. The summed E-state index contributed by atoms with van der Waals surface area (Å²) in [6.07, 6.45) is 18.4. The third-order valence-corrected chi connectivity index (χ3v) is 17.6. The summed E-state index contributed by atoms with van der Waals surface area (Å²) in [5.74, 6) is 5.61. The van der Waals surface area contributed by atoms with E-state index >= 15 is 0 Å².